The monoisotopic (exact) mass is 272 g/mol. The van der Waals surface area contributed by atoms with E-state index in [0.29, 0.717) is 11.6 Å². The predicted molar refractivity (Wildman–Crippen MR) is 79.5 cm³/mol. The van der Waals surface area contributed by atoms with Crippen molar-refractivity contribution in [2.75, 3.05) is 11.1 Å². The Labute approximate surface area is 117 Å². The summed E-state index contributed by atoms with van der Waals surface area (Å²) in [5.74, 6) is 0.989. The van der Waals surface area contributed by atoms with Crippen molar-refractivity contribution in [3.05, 3.63) is 53.7 Å². The van der Waals surface area contributed by atoms with Gasteiger partial charge in [0, 0.05) is 11.1 Å². The van der Waals surface area contributed by atoms with E-state index in [9.17, 15) is 4.79 Å². The van der Waals surface area contributed by atoms with E-state index < -0.39 is 0 Å². The second-order valence-electron chi connectivity index (χ2n) is 4.32. The van der Waals surface area contributed by atoms with Crippen molar-refractivity contribution < 1.29 is 4.79 Å². The lowest BCUT2D eigenvalue weighted by Crippen LogP contribution is -2.15. The number of thioether (sulfide) groups is 1. The van der Waals surface area contributed by atoms with Crippen LogP contribution in [-0.2, 0) is 4.79 Å². The van der Waals surface area contributed by atoms with E-state index >= 15 is 0 Å². The minimum Gasteiger partial charge on any atom is -0.310 e. The van der Waals surface area contributed by atoms with E-state index in [1.165, 1.54) is 17.3 Å². The first-order valence-corrected chi connectivity index (χ1v) is 7.04. The molecular weight excluding hydrogens is 256 g/mol. The molecule has 4 heteroatoms. The van der Waals surface area contributed by atoms with Crippen molar-refractivity contribution in [3.63, 3.8) is 0 Å². The van der Waals surface area contributed by atoms with Gasteiger partial charge in [0.05, 0.1) is 5.75 Å². The highest BCUT2D eigenvalue weighted by Crippen LogP contribution is 2.18. The van der Waals surface area contributed by atoms with E-state index in [2.05, 4.69) is 10.3 Å². The van der Waals surface area contributed by atoms with Gasteiger partial charge in [-0.2, -0.15) is 0 Å². The Hall–Kier alpha value is -1.81. The van der Waals surface area contributed by atoms with Crippen LogP contribution in [0.3, 0.4) is 0 Å². The number of aryl methyl sites for hydroxylation is 2. The third kappa shape index (κ3) is 4.10. The molecule has 0 unspecified atom stereocenters. The minimum absolute atomic E-state index is 0.0348. The molecule has 0 bridgehead atoms. The highest BCUT2D eigenvalue weighted by molar-refractivity contribution is 8.00. The van der Waals surface area contributed by atoms with Gasteiger partial charge in [-0.1, -0.05) is 23.8 Å². The molecular formula is C15H16N2OS. The number of carbonyl (C=O) groups is 1. The second kappa shape index (κ2) is 6.38. The van der Waals surface area contributed by atoms with Crippen LogP contribution in [0.2, 0.25) is 0 Å². The van der Waals surface area contributed by atoms with Crippen LogP contribution >= 0.6 is 11.8 Å². The number of aromatic nitrogens is 1. The van der Waals surface area contributed by atoms with Gasteiger partial charge >= 0.3 is 0 Å². The summed E-state index contributed by atoms with van der Waals surface area (Å²) in [6.45, 7) is 3.97. The van der Waals surface area contributed by atoms with Gasteiger partial charge in [-0.15, -0.1) is 11.8 Å². The second-order valence-corrected chi connectivity index (χ2v) is 5.37. The van der Waals surface area contributed by atoms with Crippen LogP contribution in [0, 0.1) is 13.8 Å². The highest BCUT2D eigenvalue weighted by atomic mass is 32.2. The molecule has 1 aromatic heterocycles. The molecule has 0 atom stereocenters. The van der Waals surface area contributed by atoms with Gasteiger partial charge in [0.1, 0.15) is 5.82 Å². The van der Waals surface area contributed by atoms with Gasteiger partial charge < -0.3 is 5.32 Å². The topological polar surface area (TPSA) is 42.0 Å². The molecule has 0 aliphatic carbocycles. The minimum atomic E-state index is -0.0348. The van der Waals surface area contributed by atoms with E-state index in [1.54, 1.807) is 6.20 Å². The Morgan fingerprint density at radius 2 is 1.95 bits per heavy atom. The Kier molecular flexibility index (Phi) is 4.58. The van der Waals surface area contributed by atoms with E-state index in [-0.39, 0.29) is 5.91 Å². The third-order valence-corrected chi connectivity index (χ3v) is 3.67. The molecule has 98 valence electrons. The van der Waals surface area contributed by atoms with Crippen LogP contribution in [0.4, 0.5) is 5.82 Å². The average molecular weight is 272 g/mol. The molecule has 0 aliphatic rings. The number of anilines is 1. The van der Waals surface area contributed by atoms with Gasteiger partial charge in [-0.25, -0.2) is 4.98 Å². The normalized spacial score (nSPS) is 10.2. The fraction of sp³-hybridized carbons (Fsp3) is 0.200. The maximum Gasteiger partial charge on any atom is 0.235 e. The molecule has 0 radical (unpaired) electrons. The maximum absolute atomic E-state index is 11.8. The number of nitrogens with zero attached hydrogens (tertiary/aromatic N) is 1. The van der Waals surface area contributed by atoms with Crippen molar-refractivity contribution in [1.29, 1.82) is 0 Å². The summed E-state index contributed by atoms with van der Waals surface area (Å²) in [5, 5.41) is 2.82. The summed E-state index contributed by atoms with van der Waals surface area (Å²) >= 11 is 1.52. The molecule has 1 aromatic carbocycles. The van der Waals surface area contributed by atoms with Crippen LogP contribution in [0.5, 0.6) is 0 Å². The van der Waals surface area contributed by atoms with Crippen molar-refractivity contribution in [2.24, 2.45) is 0 Å². The van der Waals surface area contributed by atoms with Crippen molar-refractivity contribution in [2.45, 2.75) is 18.7 Å². The quantitative estimate of drug-likeness (QED) is 0.867. The van der Waals surface area contributed by atoms with Crippen LogP contribution < -0.4 is 5.32 Å². The highest BCUT2D eigenvalue weighted by Gasteiger charge is 2.06. The van der Waals surface area contributed by atoms with Crippen LogP contribution in [0.25, 0.3) is 0 Å². The van der Waals surface area contributed by atoms with E-state index in [4.69, 9.17) is 0 Å². The Morgan fingerprint density at radius 3 is 2.63 bits per heavy atom. The molecule has 0 fully saturated rings. The molecule has 1 heterocycles. The first kappa shape index (κ1) is 13.6. The Morgan fingerprint density at radius 1 is 1.21 bits per heavy atom. The number of pyridine rings is 1. The number of benzene rings is 1. The molecule has 0 spiro atoms. The van der Waals surface area contributed by atoms with Crippen molar-refractivity contribution in [3.8, 4) is 0 Å². The average Bonchev–Trinajstić information content (AvgIpc) is 2.41. The third-order valence-electron chi connectivity index (χ3n) is 2.66. The largest absolute Gasteiger partial charge is 0.310 e. The first-order valence-electron chi connectivity index (χ1n) is 6.06. The fourth-order valence-electron chi connectivity index (χ4n) is 1.57. The van der Waals surface area contributed by atoms with Gasteiger partial charge in [-0.05, 0) is 37.6 Å². The Balaban J connectivity index is 1.88. The summed E-state index contributed by atoms with van der Waals surface area (Å²) in [6.07, 6.45) is 1.68. The lowest BCUT2D eigenvalue weighted by molar-refractivity contribution is -0.113. The lowest BCUT2D eigenvalue weighted by Gasteiger charge is -2.06. The molecule has 1 amide bonds. The van der Waals surface area contributed by atoms with E-state index in [0.717, 1.165) is 10.5 Å². The van der Waals surface area contributed by atoms with Gasteiger partial charge in [-0.3, -0.25) is 4.79 Å². The van der Waals surface area contributed by atoms with Crippen LogP contribution in [0.1, 0.15) is 11.1 Å². The van der Waals surface area contributed by atoms with Crippen molar-refractivity contribution in [1.82, 2.24) is 4.98 Å². The Bertz CT molecular complexity index is 567. The maximum atomic E-state index is 11.8. The summed E-state index contributed by atoms with van der Waals surface area (Å²) in [6, 6.07) is 11.9. The first-order chi connectivity index (χ1) is 9.15. The summed E-state index contributed by atoms with van der Waals surface area (Å²) in [4.78, 5) is 17.1. The molecule has 0 saturated heterocycles. The zero-order valence-electron chi connectivity index (χ0n) is 11.0. The standard InChI is InChI=1S/C15H16N2OS/c1-11-5-7-13(8-6-11)19-10-14(18)17-15-12(2)4-3-9-16-15/h3-9H,10H2,1-2H3,(H,16,17,18). The number of amides is 1. The predicted octanol–water partition coefficient (Wildman–Crippen LogP) is 3.43. The summed E-state index contributed by atoms with van der Waals surface area (Å²) < 4.78 is 0. The van der Waals surface area contributed by atoms with Crippen molar-refractivity contribution >= 4 is 23.5 Å². The lowest BCUT2D eigenvalue weighted by atomic mass is 10.2. The molecule has 0 aliphatic heterocycles. The zero-order valence-corrected chi connectivity index (χ0v) is 11.8. The SMILES string of the molecule is Cc1ccc(SCC(=O)Nc2ncccc2C)cc1. The van der Waals surface area contributed by atoms with E-state index in [1.807, 2.05) is 50.2 Å². The van der Waals surface area contributed by atoms with Gasteiger partial charge in [0.25, 0.3) is 0 Å². The number of nitrogens with one attached hydrogen (secondary N) is 1. The van der Waals surface area contributed by atoms with Gasteiger partial charge in [0.15, 0.2) is 0 Å². The molecule has 2 rings (SSSR count). The summed E-state index contributed by atoms with van der Waals surface area (Å²) in [7, 11) is 0. The molecule has 0 saturated carbocycles. The number of hydrogen-bond donors (Lipinski definition) is 1. The number of hydrogen-bond acceptors (Lipinski definition) is 3. The summed E-state index contributed by atoms with van der Waals surface area (Å²) in [5.41, 5.74) is 2.19. The molecule has 19 heavy (non-hydrogen) atoms. The number of carbonyl (C=O) groups excluding carboxylic acids is 1. The molecule has 3 nitrogen and oxygen atoms in total. The zero-order chi connectivity index (χ0) is 13.7. The number of rotatable bonds is 4. The molecule has 2 aromatic rings. The van der Waals surface area contributed by atoms with Crippen LogP contribution in [-0.4, -0.2) is 16.6 Å². The van der Waals surface area contributed by atoms with Gasteiger partial charge in [0.2, 0.25) is 5.91 Å². The molecule has 1 N–H and O–H groups in total. The fourth-order valence-corrected chi connectivity index (χ4v) is 2.27. The van der Waals surface area contributed by atoms with Crippen LogP contribution in [0.15, 0.2) is 47.5 Å². The smallest absolute Gasteiger partial charge is 0.235 e.